The van der Waals surface area contributed by atoms with Gasteiger partial charge in [-0.25, -0.2) is 13.4 Å². The highest BCUT2D eigenvalue weighted by molar-refractivity contribution is 7.90. The van der Waals surface area contributed by atoms with Crippen molar-refractivity contribution in [1.29, 1.82) is 0 Å². The zero-order valence-corrected chi connectivity index (χ0v) is 10.3. The Labute approximate surface area is 104 Å². The van der Waals surface area contributed by atoms with Crippen LogP contribution in [0.25, 0.3) is 0 Å². The highest BCUT2D eigenvalue weighted by Crippen LogP contribution is 2.23. The van der Waals surface area contributed by atoms with Gasteiger partial charge in [-0.05, 0) is 24.3 Å². The lowest BCUT2D eigenvalue weighted by atomic mass is 10.3. The van der Waals surface area contributed by atoms with Crippen LogP contribution in [-0.2, 0) is 9.84 Å². The molecule has 0 spiro atoms. The molecule has 94 valence electrons. The molecule has 0 bridgehead atoms. The average molecular weight is 267 g/mol. The molecule has 4 nitrogen and oxygen atoms in total. The Morgan fingerprint density at radius 2 is 1.89 bits per heavy atom. The molecule has 0 saturated carbocycles. The van der Waals surface area contributed by atoms with E-state index in [2.05, 4.69) is 4.98 Å². The summed E-state index contributed by atoms with van der Waals surface area (Å²) >= 11 is 0. The number of nitrogens with zero attached hydrogens (tertiary/aromatic N) is 1. The molecule has 18 heavy (non-hydrogen) atoms. The molecule has 0 aliphatic carbocycles. The van der Waals surface area contributed by atoms with E-state index in [-0.39, 0.29) is 10.6 Å². The first-order valence-corrected chi connectivity index (χ1v) is 6.94. The van der Waals surface area contributed by atoms with Crippen molar-refractivity contribution in [3.8, 4) is 11.5 Å². The zero-order valence-electron chi connectivity index (χ0n) is 9.50. The smallest absolute Gasteiger partial charge is 0.216 e. The summed E-state index contributed by atoms with van der Waals surface area (Å²) in [5, 5.41) is 0. The molecule has 0 aliphatic heterocycles. The maximum Gasteiger partial charge on any atom is 0.216 e. The van der Waals surface area contributed by atoms with Crippen molar-refractivity contribution in [3.63, 3.8) is 0 Å². The van der Waals surface area contributed by atoms with E-state index in [9.17, 15) is 12.8 Å². The maximum atomic E-state index is 12.9. The summed E-state index contributed by atoms with van der Waals surface area (Å²) in [5.41, 5.74) is 0. The van der Waals surface area contributed by atoms with E-state index >= 15 is 0 Å². The maximum absolute atomic E-state index is 12.9. The van der Waals surface area contributed by atoms with Crippen LogP contribution < -0.4 is 4.74 Å². The molecule has 2 rings (SSSR count). The van der Waals surface area contributed by atoms with Gasteiger partial charge < -0.3 is 4.74 Å². The van der Waals surface area contributed by atoms with Crippen LogP contribution in [0.3, 0.4) is 0 Å². The minimum atomic E-state index is -3.29. The number of ether oxygens (including phenoxy) is 1. The molecule has 0 amide bonds. The van der Waals surface area contributed by atoms with E-state index in [1.165, 1.54) is 24.4 Å². The fourth-order valence-electron chi connectivity index (χ4n) is 1.35. The van der Waals surface area contributed by atoms with Gasteiger partial charge in [0.05, 0.1) is 4.90 Å². The fourth-order valence-corrected chi connectivity index (χ4v) is 2.01. The van der Waals surface area contributed by atoms with Crippen molar-refractivity contribution < 1.29 is 17.5 Å². The lowest BCUT2D eigenvalue weighted by Crippen LogP contribution is -1.97. The van der Waals surface area contributed by atoms with E-state index in [4.69, 9.17) is 4.74 Å². The van der Waals surface area contributed by atoms with Crippen LogP contribution in [0.1, 0.15) is 0 Å². The molecule has 1 aromatic carbocycles. The molecule has 0 saturated heterocycles. The average Bonchev–Trinajstić information content (AvgIpc) is 2.28. The first-order chi connectivity index (χ1) is 8.45. The summed E-state index contributed by atoms with van der Waals surface area (Å²) in [5.74, 6) is -0.0801. The molecule has 0 N–H and O–H groups in total. The molecule has 6 heteroatoms. The van der Waals surface area contributed by atoms with Crippen LogP contribution in [0.15, 0.2) is 47.5 Å². The second kappa shape index (κ2) is 4.73. The summed E-state index contributed by atoms with van der Waals surface area (Å²) in [6.07, 6.45) is 2.38. The van der Waals surface area contributed by atoms with Crippen molar-refractivity contribution in [1.82, 2.24) is 4.98 Å². The Morgan fingerprint density at radius 1 is 1.17 bits per heavy atom. The van der Waals surface area contributed by atoms with Gasteiger partial charge in [-0.2, -0.15) is 4.39 Å². The minimum Gasteiger partial charge on any atom is -0.457 e. The quantitative estimate of drug-likeness (QED) is 0.801. The predicted molar refractivity (Wildman–Crippen MR) is 63.8 cm³/mol. The predicted octanol–water partition coefficient (Wildman–Crippen LogP) is 2.42. The normalized spacial score (nSPS) is 11.2. The van der Waals surface area contributed by atoms with Crippen molar-refractivity contribution in [3.05, 3.63) is 48.5 Å². The van der Waals surface area contributed by atoms with Gasteiger partial charge in [0.15, 0.2) is 9.84 Å². The number of sulfone groups is 1. The topological polar surface area (TPSA) is 56.3 Å². The first-order valence-electron chi connectivity index (χ1n) is 5.05. The van der Waals surface area contributed by atoms with Gasteiger partial charge in [-0.1, -0.05) is 6.07 Å². The molecule has 0 fully saturated rings. The van der Waals surface area contributed by atoms with Crippen LogP contribution in [0.4, 0.5) is 4.39 Å². The van der Waals surface area contributed by atoms with Gasteiger partial charge in [0, 0.05) is 18.5 Å². The highest BCUT2D eigenvalue weighted by atomic mass is 32.2. The van der Waals surface area contributed by atoms with E-state index in [0.717, 1.165) is 12.3 Å². The molecule has 0 aliphatic rings. The summed E-state index contributed by atoms with van der Waals surface area (Å²) in [6, 6.07) is 8.60. The molecule has 2 aromatic rings. The van der Waals surface area contributed by atoms with Gasteiger partial charge in [-0.3, -0.25) is 0 Å². The molecule has 0 radical (unpaired) electrons. The lowest BCUT2D eigenvalue weighted by molar-refractivity contribution is 0.470. The third kappa shape index (κ3) is 3.04. The highest BCUT2D eigenvalue weighted by Gasteiger charge is 2.08. The van der Waals surface area contributed by atoms with Gasteiger partial charge >= 0.3 is 0 Å². The van der Waals surface area contributed by atoms with Crippen LogP contribution in [0.5, 0.6) is 11.5 Å². The Kier molecular flexibility index (Phi) is 3.29. The van der Waals surface area contributed by atoms with Crippen LogP contribution in [0.2, 0.25) is 0 Å². The molecule has 0 atom stereocenters. The van der Waals surface area contributed by atoms with Gasteiger partial charge in [-0.15, -0.1) is 0 Å². The Morgan fingerprint density at radius 3 is 2.56 bits per heavy atom. The summed E-state index contributed by atoms with van der Waals surface area (Å²) in [4.78, 5) is 3.54. The van der Waals surface area contributed by atoms with Gasteiger partial charge in [0.25, 0.3) is 0 Å². The second-order valence-electron chi connectivity index (χ2n) is 3.66. The summed E-state index contributed by atoms with van der Waals surface area (Å²) in [7, 11) is -3.29. The number of pyridine rings is 1. The first kappa shape index (κ1) is 12.5. The number of halogens is 1. The van der Waals surface area contributed by atoms with Crippen molar-refractivity contribution in [2.75, 3.05) is 6.26 Å². The van der Waals surface area contributed by atoms with E-state index in [0.29, 0.717) is 5.75 Å². The largest absolute Gasteiger partial charge is 0.457 e. The zero-order chi connectivity index (χ0) is 13.2. The standard InChI is InChI=1S/C12H10FNO3S/c1-18(15,16)11-4-2-3-9(7-11)17-10-5-6-14-12(13)8-10/h2-8H,1H3. The number of hydrogen-bond donors (Lipinski definition) is 0. The van der Waals surface area contributed by atoms with E-state index in [1.54, 1.807) is 12.1 Å². The number of aromatic nitrogens is 1. The SMILES string of the molecule is CS(=O)(=O)c1cccc(Oc2ccnc(F)c2)c1. The van der Waals surface area contributed by atoms with Gasteiger partial charge in [0.1, 0.15) is 11.5 Å². The van der Waals surface area contributed by atoms with Crippen LogP contribution >= 0.6 is 0 Å². The molecular weight excluding hydrogens is 257 g/mol. The van der Waals surface area contributed by atoms with E-state index < -0.39 is 15.8 Å². The van der Waals surface area contributed by atoms with Crippen molar-refractivity contribution in [2.45, 2.75) is 4.90 Å². The molecule has 1 aromatic heterocycles. The number of hydrogen-bond acceptors (Lipinski definition) is 4. The Hall–Kier alpha value is -1.95. The number of benzene rings is 1. The minimum absolute atomic E-state index is 0.148. The second-order valence-corrected chi connectivity index (χ2v) is 5.68. The Bertz CT molecular complexity index is 671. The van der Waals surface area contributed by atoms with Crippen LogP contribution in [0, 0.1) is 5.95 Å². The monoisotopic (exact) mass is 267 g/mol. The summed E-state index contributed by atoms with van der Waals surface area (Å²) in [6.45, 7) is 0. The fraction of sp³-hybridized carbons (Fsp3) is 0.0833. The van der Waals surface area contributed by atoms with Crippen LogP contribution in [-0.4, -0.2) is 19.7 Å². The van der Waals surface area contributed by atoms with Crippen molar-refractivity contribution in [2.24, 2.45) is 0 Å². The van der Waals surface area contributed by atoms with Gasteiger partial charge in [0.2, 0.25) is 5.95 Å². The Balaban J connectivity index is 2.30. The molecular formula is C12H10FNO3S. The lowest BCUT2D eigenvalue weighted by Gasteiger charge is -2.06. The van der Waals surface area contributed by atoms with E-state index in [1.807, 2.05) is 0 Å². The number of rotatable bonds is 3. The third-order valence-corrected chi connectivity index (χ3v) is 3.28. The molecule has 0 unspecified atom stereocenters. The van der Waals surface area contributed by atoms with Crippen molar-refractivity contribution >= 4 is 9.84 Å². The third-order valence-electron chi connectivity index (χ3n) is 2.17. The summed E-state index contributed by atoms with van der Waals surface area (Å²) < 4.78 is 40.9. The molecule has 1 heterocycles.